The zero-order valence-corrected chi connectivity index (χ0v) is 20.2. The Hall–Kier alpha value is -3.23. The summed E-state index contributed by atoms with van der Waals surface area (Å²) in [6, 6.07) is 10.6. The van der Waals surface area contributed by atoms with Crippen LogP contribution in [0.3, 0.4) is 0 Å². The first-order valence-corrected chi connectivity index (χ1v) is 11.6. The molecule has 0 saturated carbocycles. The highest BCUT2D eigenvalue weighted by molar-refractivity contribution is 5.70. The smallest absolute Gasteiger partial charge is 0.410 e. The van der Waals surface area contributed by atoms with Crippen molar-refractivity contribution < 1.29 is 32.2 Å². The molecule has 0 aliphatic carbocycles. The van der Waals surface area contributed by atoms with Gasteiger partial charge in [-0.1, -0.05) is 30.3 Å². The Kier molecular flexibility index (Phi) is 8.64. The van der Waals surface area contributed by atoms with Gasteiger partial charge in [0, 0.05) is 18.2 Å². The molecule has 35 heavy (non-hydrogen) atoms. The lowest BCUT2D eigenvalue weighted by Gasteiger charge is -2.43. The van der Waals surface area contributed by atoms with Gasteiger partial charge in [-0.05, 0) is 57.4 Å². The Morgan fingerprint density at radius 3 is 2.49 bits per heavy atom. The molecule has 0 spiro atoms. The molecule has 2 aromatic rings. The van der Waals surface area contributed by atoms with Crippen LogP contribution in [0, 0.1) is 11.6 Å². The summed E-state index contributed by atoms with van der Waals surface area (Å²) in [5.41, 5.74) is -0.0409. The third kappa shape index (κ3) is 7.13. The van der Waals surface area contributed by atoms with E-state index in [-0.39, 0.29) is 31.7 Å². The second-order valence-electron chi connectivity index (χ2n) is 9.46. The van der Waals surface area contributed by atoms with Crippen molar-refractivity contribution in [1.82, 2.24) is 9.80 Å². The van der Waals surface area contributed by atoms with E-state index in [9.17, 15) is 22.8 Å². The van der Waals surface area contributed by atoms with Gasteiger partial charge in [0.05, 0.1) is 12.6 Å². The molecule has 1 fully saturated rings. The van der Waals surface area contributed by atoms with Crippen LogP contribution in [-0.4, -0.2) is 53.4 Å². The van der Waals surface area contributed by atoms with Crippen molar-refractivity contribution >= 4 is 12.2 Å². The summed E-state index contributed by atoms with van der Waals surface area (Å²) in [6.45, 7) is 4.22. The number of rotatable bonds is 6. The van der Waals surface area contributed by atoms with E-state index in [0.717, 1.165) is 23.8 Å². The molecule has 1 heterocycles. The first kappa shape index (κ1) is 26.4. The molecule has 0 aromatic heterocycles. The molecule has 2 aromatic carbocycles. The van der Waals surface area contributed by atoms with Crippen molar-refractivity contribution in [3.8, 4) is 0 Å². The van der Waals surface area contributed by atoms with Gasteiger partial charge in [0.1, 0.15) is 30.5 Å². The Labute approximate surface area is 203 Å². The number of hydrogen-bond acceptors (Lipinski definition) is 4. The fraction of sp³-hybridized carbons (Fsp3) is 0.462. The average molecular weight is 493 g/mol. The lowest BCUT2D eigenvalue weighted by molar-refractivity contribution is -0.00123. The number of nitrogens with zero attached hydrogens (tertiary/aromatic N) is 2. The number of carbonyl (C=O) groups is 2. The fourth-order valence-electron chi connectivity index (χ4n) is 4.15. The highest BCUT2D eigenvalue weighted by Gasteiger charge is 2.39. The standard InChI is InChI=1S/C26H31F3N2O4/c1-26(2,3)35-25(33)30(14-12-27)20-11-13-31(24(32)34-17-18-7-5-4-6-8-18)23(16-20)21-15-19(28)9-10-22(21)29/h4-10,15,20,23H,11-14,16-17H2,1-3H3/t20-,23+/m1/s1. The first-order chi connectivity index (χ1) is 16.6. The van der Waals surface area contributed by atoms with E-state index in [4.69, 9.17) is 9.47 Å². The lowest BCUT2D eigenvalue weighted by Crippen LogP contribution is -2.51. The number of benzene rings is 2. The summed E-state index contributed by atoms with van der Waals surface area (Å²) < 4.78 is 53.1. The number of carbonyl (C=O) groups excluding carboxylic acids is 2. The molecule has 1 aliphatic rings. The minimum Gasteiger partial charge on any atom is -0.445 e. The third-order valence-corrected chi connectivity index (χ3v) is 5.73. The molecule has 0 N–H and O–H groups in total. The molecule has 1 saturated heterocycles. The molecule has 3 rings (SSSR count). The van der Waals surface area contributed by atoms with E-state index in [1.165, 1.54) is 9.80 Å². The Bertz CT molecular complexity index is 1010. The van der Waals surface area contributed by atoms with E-state index >= 15 is 0 Å². The lowest BCUT2D eigenvalue weighted by atomic mass is 9.90. The molecule has 2 amide bonds. The molecular weight excluding hydrogens is 461 g/mol. The summed E-state index contributed by atoms with van der Waals surface area (Å²) in [5, 5.41) is 0. The topological polar surface area (TPSA) is 59.1 Å². The van der Waals surface area contributed by atoms with Gasteiger partial charge < -0.3 is 19.3 Å². The predicted octanol–water partition coefficient (Wildman–Crippen LogP) is 6.01. The van der Waals surface area contributed by atoms with E-state index in [0.29, 0.717) is 6.42 Å². The van der Waals surface area contributed by atoms with Gasteiger partial charge in [0.25, 0.3) is 0 Å². The van der Waals surface area contributed by atoms with Gasteiger partial charge in [-0.3, -0.25) is 0 Å². The summed E-state index contributed by atoms with van der Waals surface area (Å²) in [5.74, 6) is -1.35. The van der Waals surface area contributed by atoms with Crippen LogP contribution in [0.5, 0.6) is 0 Å². The van der Waals surface area contributed by atoms with E-state index in [2.05, 4.69) is 0 Å². The van der Waals surface area contributed by atoms with E-state index < -0.39 is 48.2 Å². The summed E-state index contributed by atoms with van der Waals surface area (Å²) >= 11 is 0. The summed E-state index contributed by atoms with van der Waals surface area (Å²) in [6.07, 6.45) is -1.01. The molecule has 0 unspecified atom stereocenters. The molecule has 0 radical (unpaired) electrons. The van der Waals surface area contributed by atoms with Gasteiger partial charge in [-0.25, -0.2) is 22.8 Å². The molecule has 0 bridgehead atoms. The Morgan fingerprint density at radius 2 is 1.83 bits per heavy atom. The van der Waals surface area contributed by atoms with Crippen molar-refractivity contribution in [1.29, 1.82) is 0 Å². The largest absolute Gasteiger partial charge is 0.445 e. The molecular formula is C26H31F3N2O4. The highest BCUT2D eigenvalue weighted by atomic mass is 19.1. The Morgan fingerprint density at radius 1 is 1.11 bits per heavy atom. The maximum absolute atomic E-state index is 14.8. The minimum absolute atomic E-state index is 0.0177. The molecule has 9 heteroatoms. The number of piperidine rings is 1. The maximum atomic E-state index is 14.8. The van der Waals surface area contributed by atoms with Crippen molar-refractivity contribution in [2.75, 3.05) is 19.8 Å². The number of amides is 2. The number of halogens is 3. The highest BCUT2D eigenvalue weighted by Crippen LogP contribution is 2.36. The molecule has 1 aliphatic heterocycles. The van der Waals surface area contributed by atoms with Crippen molar-refractivity contribution in [2.24, 2.45) is 0 Å². The predicted molar refractivity (Wildman–Crippen MR) is 124 cm³/mol. The van der Waals surface area contributed by atoms with Crippen LogP contribution < -0.4 is 0 Å². The number of hydrogen-bond donors (Lipinski definition) is 0. The van der Waals surface area contributed by atoms with Gasteiger partial charge in [-0.2, -0.15) is 0 Å². The number of ether oxygens (including phenoxy) is 2. The SMILES string of the molecule is CC(C)(C)OC(=O)N(CCF)[C@@H]1CCN(C(=O)OCc2ccccc2)[C@H](c2cc(F)ccc2F)C1. The van der Waals surface area contributed by atoms with Crippen molar-refractivity contribution in [3.63, 3.8) is 0 Å². The minimum atomic E-state index is -0.919. The van der Waals surface area contributed by atoms with Crippen LogP contribution in [0.1, 0.15) is 50.8 Å². The van der Waals surface area contributed by atoms with Crippen LogP contribution in [0.15, 0.2) is 48.5 Å². The van der Waals surface area contributed by atoms with Crippen LogP contribution in [0.4, 0.5) is 22.8 Å². The van der Waals surface area contributed by atoms with Crippen LogP contribution in [-0.2, 0) is 16.1 Å². The molecule has 190 valence electrons. The van der Waals surface area contributed by atoms with Crippen LogP contribution in [0.2, 0.25) is 0 Å². The third-order valence-electron chi connectivity index (χ3n) is 5.73. The normalized spacial score (nSPS) is 18.2. The van der Waals surface area contributed by atoms with Gasteiger partial charge in [-0.15, -0.1) is 0 Å². The fourth-order valence-corrected chi connectivity index (χ4v) is 4.15. The van der Waals surface area contributed by atoms with Gasteiger partial charge >= 0.3 is 12.2 Å². The molecule has 2 atom stereocenters. The van der Waals surface area contributed by atoms with Crippen molar-refractivity contribution in [2.45, 2.75) is 57.9 Å². The summed E-state index contributed by atoms with van der Waals surface area (Å²) in [7, 11) is 0. The Balaban J connectivity index is 1.85. The second-order valence-corrected chi connectivity index (χ2v) is 9.46. The second kappa shape index (κ2) is 11.5. The monoisotopic (exact) mass is 492 g/mol. The quantitative estimate of drug-likeness (QED) is 0.495. The van der Waals surface area contributed by atoms with E-state index in [1.807, 2.05) is 18.2 Å². The van der Waals surface area contributed by atoms with Crippen molar-refractivity contribution in [3.05, 3.63) is 71.3 Å². The van der Waals surface area contributed by atoms with Crippen LogP contribution in [0.25, 0.3) is 0 Å². The van der Waals surface area contributed by atoms with Gasteiger partial charge in [0.2, 0.25) is 0 Å². The zero-order chi connectivity index (χ0) is 25.6. The maximum Gasteiger partial charge on any atom is 0.410 e. The number of alkyl halides is 1. The average Bonchev–Trinajstić information content (AvgIpc) is 2.81. The molecule has 6 nitrogen and oxygen atoms in total. The van der Waals surface area contributed by atoms with Crippen LogP contribution >= 0.6 is 0 Å². The van der Waals surface area contributed by atoms with E-state index in [1.54, 1.807) is 32.9 Å². The first-order valence-electron chi connectivity index (χ1n) is 11.6. The van der Waals surface area contributed by atoms with Gasteiger partial charge in [0.15, 0.2) is 0 Å². The zero-order valence-electron chi connectivity index (χ0n) is 20.2. The summed E-state index contributed by atoms with van der Waals surface area (Å²) in [4.78, 5) is 28.4. The number of likely N-dealkylation sites (tertiary alicyclic amines) is 1.